The number of thiophene rings is 1. The maximum atomic E-state index is 12.3. The van der Waals surface area contributed by atoms with Crippen LogP contribution in [0.25, 0.3) is 0 Å². The number of aliphatic hydroxyl groups excluding tert-OH is 1. The van der Waals surface area contributed by atoms with Gasteiger partial charge in [0.1, 0.15) is 4.21 Å². The fourth-order valence-corrected chi connectivity index (χ4v) is 4.70. The summed E-state index contributed by atoms with van der Waals surface area (Å²) in [7, 11) is -1.89. The van der Waals surface area contributed by atoms with Crippen LogP contribution < -0.4 is 0 Å². The van der Waals surface area contributed by atoms with Crippen LogP contribution in [0, 0.1) is 0 Å². The van der Waals surface area contributed by atoms with Crippen LogP contribution in [-0.4, -0.2) is 44.1 Å². The van der Waals surface area contributed by atoms with Crippen molar-refractivity contribution in [1.82, 2.24) is 4.31 Å². The third-order valence-corrected chi connectivity index (χ3v) is 6.55. The largest absolute Gasteiger partial charge is 0.391 e. The summed E-state index contributed by atoms with van der Waals surface area (Å²) in [5.41, 5.74) is 0. The van der Waals surface area contributed by atoms with E-state index in [1.54, 1.807) is 19.2 Å². The maximum absolute atomic E-state index is 12.3. The molecule has 1 aliphatic rings. The number of likely N-dealkylation sites (N-methyl/N-ethyl adjacent to an activating group) is 1. The quantitative estimate of drug-likeness (QED) is 0.893. The van der Waals surface area contributed by atoms with Gasteiger partial charge in [0, 0.05) is 25.1 Å². The van der Waals surface area contributed by atoms with Gasteiger partial charge >= 0.3 is 0 Å². The van der Waals surface area contributed by atoms with Gasteiger partial charge in [-0.2, -0.15) is 4.31 Å². The molecule has 0 aromatic carbocycles. The van der Waals surface area contributed by atoms with Crippen LogP contribution in [0.1, 0.15) is 24.1 Å². The van der Waals surface area contributed by atoms with Crippen molar-refractivity contribution in [2.24, 2.45) is 0 Å². The van der Waals surface area contributed by atoms with E-state index in [0.29, 0.717) is 18.0 Å². The number of sulfonamides is 1. The van der Waals surface area contributed by atoms with E-state index in [9.17, 15) is 8.42 Å². The number of hydrogen-bond donors (Lipinski definition) is 1. The molecule has 0 bridgehead atoms. The van der Waals surface area contributed by atoms with E-state index < -0.39 is 10.0 Å². The Morgan fingerprint density at radius 3 is 2.84 bits per heavy atom. The third-order valence-electron chi connectivity index (χ3n) is 3.19. The fourth-order valence-electron chi connectivity index (χ4n) is 2.07. The van der Waals surface area contributed by atoms with Crippen molar-refractivity contribution in [3.05, 3.63) is 17.0 Å². The topological polar surface area (TPSA) is 66.8 Å². The second kappa shape index (κ2) is 6.32. The summed E-state index contributed by atoms with van der Waals surface area (Å²) in [6.45, 7) is 0.969. The smallest absolute Gasteiger partial charge is 0.252 e. The number of aliphatic hydroxyl groups is 1. The highest BCUT2D eigenvalue weighted by Crippen LogP contribution is 2.25. The normalized spacial score (nSPS) is 20.9. The highest BCUT2D eigenvalue weighted by atomic mass is 32.2. The summed E-state index contributed by atoms with van der Waals surface area (Å²) < 4.78 is 31.8. The zero-order valence-corrected chi connectivity index (χ0v) is 12.5. The molecule has 1 aromatic rings. The molecule has 1 unspecified atom stereocenters. The van der Waals surface area contributed by atoms with Crippen molar-refractivity contribution in [2.75, 3.05) is 20.2 Å². The molecule has 1 fully saturated rings. The molecule has 0 aliphatic carbocycles. The molecular weight excluding hydrogens is 286 g/mol. The minimum absolute atomic E-state index is 0.00852. The van der Waals surface area contributed by atoms with Gasteiger partial charge in [-0.1, -0.05) is 0 Å². The lowest BCUT2D eigenvalue weighted by Gasteiger charge is -2.26. The Morgan fingerprint density at radius 1 is 1.47 bits per heavy atom. The summed E-state index contributed by atoms with van der Waals surface area (Å²) in [6, 6.07) is 3.19. The van der Waals surface area contributed by atoms with Crippen molar-refractivity contribution in [3.63, 3.8) is 0 Å². The Balaban J connectivity index is 2.05. The summed E-state index contributed by atoms with van der Waals surface area (Å²) in [5, 5.41) is 9.00. The van der Waals surface area contributed by atoms with Crippen molar-refractivity contribution in [1.29, 1.82) is 0 Å². The number of nitrogens with zero attached hydrogens (tertiary/aromatic N) is 1. The Hall–Kier alpha value is -0.470. The lowest BCUT2D eigenvalue weighted by Crippen LogP contribution is -2.36. The Morgan fingerprint density at radius 2 is 2.26 bits per heavy atom. The minimum Gasteiger partial charge on any atom is -0.391 e. The SMILES string of the molecule is CN(CC1CCCCO1)S(=O)(=O)c1ccc(CO)s1. The Kier molecular flexibility index (Phi) is 4.97. The summed E-state index contributed by atoms with van der Waals surface area (Å²) in [5.74, 6) is 0. The molecule has 1 saturated heterocycles. The first kappa shape index (κ1) is 14.9. The molecule has 1 atom stereocenters. The molecular formula is C12H19NO4S2. The molecule has 1 aromatic heterocycles. The molecule has 19 heavy (non-hydrogen) atoms. The van der Waals surface area contributed by atoms with Crippen LogP contribution in [0.3, 0.4) is 0 Å². The summed E-state index contributed by atoms with van der Waals surface area (Å²) in [6.07, 6.45) is 3.04. The molecule has 1 N–H and O–H groups in total. The molecule has 108 valence electrons. The van der Waals surface area contributed by atoms with E-state index in [-0.39, 0.29) is 16.9 Å². The van der Waals surface area contributed by atoms with E-state index in [2.05, 4.69) is 0 Å². The van der Waals surface area contributed by atoms with Gasteiger partial charge in [-0.05, 0) is 31.4 Å². The van der Waals surface area contributed by atoms with Crippen LogP contribution in [0.2, 0.25) is 0 Å². The Labute approximate surface area is 117 Å². The van der Waals surface area contributed by atoms with Gasteiger partial charge in [0.15, 0.2) is 0 Å². The van der Waals surface area contributed by atoms with Gasteiger partial charge in [0.05, 0.1) is 12.7 Å². The molecule has 0 amide bonds. The minimum atomic E-state index is -3.47. The van der Waals surface area contributed by atoms with E-state index in [1.165, 1.54) is 4.31 Å². The summed E-state index contributed by atoms with van der Waals surface area (Å²) in [4.78, 5) is 0.654. The van der Waals surface area contributed by atoms with Crippen molar-refractivity contribution in [3.8, 4) is 0 Å². The summed E-state index contributed by atoms with van der Waals surface area (Å²) >= 11 is 1.11. The van der Waals surface area contributed by atoms with Gasteiger partial charge < -0.3 is 9.84 Å². The highest BCUT2D eigenvalue weighted by molar-refractivity contribution is 7.91. The number of ether oxygens (including phenoxy) is 1. The van der Waals surface area contributed by atoms with E-state index in [0.717, 1.165) is 30.6 Å². The first-order valence-electron chi connectivity index (χ1n) is 6.31. The first-order valence-corrected chi connectivity index (χ1v) is 8.57. The second-order valence-corrected chi connectivity index (χ2v) is 8.09. The predicted octanol–water partition coefficient (Wildman–Crippen LogP) is 1.43. The predicted molar refractivity (Wildman–Crippen MR) is 73.6 cm³/mol. The second-order valence-electron chi connectivity index (χ2n) is 4.65. The van der Waals surface area contributed by atoms with Crippen molar-refractivity contribution in [2.45, 2.75) is 36.2 Å². The van der Waals surface area contributed by atoms with E-state index in [1.807, 2.05) is 0 Å². The molecule has 5 nitrogen and oxygen atoms in total. The number of rotatable bonds is 5. The van der Waals surface area contributed by atoms with E-state index in [4.69, 9.17) is 9.84 Å². The maximum Gasteiger partial charge on any atom is 0.252 e. The van der Waals surface area contributed by atoms with Crippen molar-refractivity contribution >= 4 is 21.4 Å². The average Bonchev–Trinajstić information content (AvgIpc) is 2.89. The lowest BCUT2D eigenvalue weighted by molar-refractivity contribution is 0.00860. The molecule has 2 heterocycles. The average molecular weight is 305 g/mol. The molecule has 0 spiro atoms. The van der Waals surface area contributed by atoms with Crippen LogP contribution in [0.4, 0.5) is 0 Å². The van der Waals surface area contributed by atoms with Crippen LogP contribution >= 0.6 is 11.3 Å². The van der Waals surface area contributed by atoms with Gasteiger partial charge in [-0.15, -0.1) is 11.3 Å². The molecule has 1 aliphatic heterocycles. The number of hydrogen-bond acceptors (Lipinski definition) is 5. The van der Waals surface area contributed by atoms with Gasteiger partial charge in [-0.3, -0.25) is 0 Å². The molecule has 0 radical (unpaired) electrons. The highest BCUT2D eigenvalue weighted by Gasteiger charge is 2.26. The van der Waals surface area contributed by atoms with Gasteiger partial charge in [0.2, 0.25) is 0 Å². The Bertz CT molecular complexity index is 506. The van der Waals surface area contributed by atoms with Crippen LogP contribution in [-0.2, 0) is 21.4 Å². The van der Waals surface area contributed by atoms with Gasteiger partial charge in [-0.25, -0.2) is 8.42 Å². The van der Waals surface area contributed by atoms with Crippen LogP contribution in [0.5, 0.6) is 0 Å². The van der Waals surface area contributed by atoms with Crippen LogP contribution in [0.15, 0.2) is 16.3 Å². The molecule has 0 saturated carbocycles. The van der Waals surface area contributed by atoms with Gasteiger partial charge in [0.25, 0.3) is 10.0 Å². The lowest BCUT2D eigenvalue weighted by atomic mass is 10.1. The third kappa shape index (κ3) is 3.55. The monoisotopic (exact) mass is 305 g/mol. The van der Waals surface area contributed by atoms with E-state index >= 15 is 0 Å². The standard InChI is InChI=1S/C12H19NO4S2/c1-13(8-10-4-2-3-7-17-10)19(15,16)12-6-5-11(9-14)18-12/h5-6,10,14H,2-4,7-9H2,1H3. The zero-order valence-electron chi connectivity index (χ0n) is 10.9. The fraction of sp³-hybridized carbons (Fsp3) is 0.667. The molecule has 2 rings (SSSR count). The zero-order chi connectivity index (χ0) is 13.9. The molecule has 7 heteroatoms. The van der Waals surface area contributed by atoms with Crippen molar-refractivity contribution < 1.29 is 18.3 Å². The first-order chi connectivity index (χ1) is 9.04.